The van der Waals surface area contributed by atoms with Gasteiger partial charge in [-0.1, -0.05) is 12.1 Å². The van der Waals surface area contributed by atoms with E-state index in [1.165, 1.54) is 12.1 Å². The van der Waals surface area contributed by atoms with Gasteiger partial charge in [0.25, 0.3) is 0 Å². The molecule has 112 valence electrons. The molecule has 3 aromatic rings. The lowest BCUT2D eigenvalue weighted by Crippen LogP contribution is -2.32. The molecule has 2 aromatic carbocycles. The number of oxazole rings is 1. The fourth-order valence-corrected chi connectivity index (χ4v) is 2.41. The molecular weight excluding hydrogens is 297 g/mol. The Labute approximate surface area is 130 Å². The largest absolute Gasteiger partial charge is 0.436 e. The Morgan fingerprint density at radius 2 is 1.96 bits per heavy atom. The molecule has 3 N–H and O–H groups in total. The van der Waals surface area contributed by atoms with Crippen molar-refractivity contribution in [1.29, 1.82) is 5.26 Å². The summed E-state index contributed by atoms with van der Waals surface area (Å²) in [6, 6.07) is 13.7. The molecule has 4 rings (SSSR count). The molecule has 0 aliphatic carbocycles. The lowest BCUT2D eigenvalue weighted by molar-refractivity contribution is 0.611. The zero-order valence-electron chi connectivity index (χ0n) is 11.7. The second-order valence-electron chi connectivity index (χ2n) is 4.95. The molecule has 0 bridgehead atoms. The number of nitrogens with zero attached hydrogens (tertiary/aromatic N) is 2. The maximum Gasteiger partial charge on any atom is 0.227 e. The number of hydrogen-bond donors (Lipinski definition) is 3. The summed E-state index contributed by atoms with van der Waals surface area (Å²) in [5, 5.41) is 9.09. The van der Waals surface area contributed by atoms with Crippen LogP contribution in [0.25, 0.3) is 28.3 Å². The Morgan fingerprint density at radius 3 is 2.83 bits per heavy atom. The van der Waals surface area contributed by atoms with Crippen LogP contribution in [0.2, 0.25) is 0 Å². The van der Waals surface area contributed by atoms with Crippen LogP contribution in [0.5, 0.6) is 0 Å². The number of nitrogens with one attached hydrogen (secondary N) is 3. The van der Waals surface area contributed by atoms with Gasteiger partial charge in [-0.3, -0.25) is 5.43 Å². The highest BCUT2D eigenvalue weighted by molar-refractivity contribution is 5.78. The Morgan fingerprint density at radius 1 is 1.09 bits per heavy atom. The third-order valence-electron chi connectivity index (χ3n) is 3.48. The zero-order valence-corrected chi connectivity index (χ0v) is 11.7. The van der Waals surface area contributed by atoms with Gasteiger partial charge >= 0.3 is 0 Å². The fourth-order valence-electron chi connectivity index (χ4n) is 2.41. The standard InChI is InChI=1S/C16H10FN5O/c17-11-4-5-14-12(7-11)19-16(23-14)10-3-1-2-9(6-10)15-13(8-18)20-22-21-15/h1-7,20-22H. The topological polar surface area (TPSA) is 85.9 Å². The molecule has 0 radical (unpaired) electrons. The predicted octanol–water partition coefficient (Wildman–Crippen LogP) is 2.44. The van der Waals surface area contributed by atoms with E-state index < -0.39 is 0 Å². The molecule has 23 heavy (non-hydrogen) atoms. The highest BCUT2D eigenvalue weighted by Crippen LogP contribution is 2.27. The average molecular weight is 307 g/mol. The second kappa shape index (κ2) is 5.12. The van der Waals surface area contributed by atoms with E-state index in [-0.39, 0.29) is 5.82 Å². The maximum absolute atomic E-state index is 13.3. The fraction of sp³-hybridized carbons (Fsp3) is 0. The SMILES string of the molecule is N#CC1=C(c2cccc(-c3nc4cc(F)ccc4o3)c2)NNN1. The normalized spacial score (nSPS) is 13.7. The van der Waals surface area contributed by atoms with Gasteiger partial charge in [0.05, 0.1) is 5.70 Å². The molecule has 1 aliphatic rings. The molecule has 0 saturated heterocycles. The monoisotopic (exact) mass is 307 g/mol. The van der Waals surface area contributed by atoms with Crippen LogP contribution in [-0.2, 0) is 0 Å². The second-order valence-corrected chi connectivity index (χ2v) is 4.95. The number of aromatic nitrogens is 1. The third-order valence-corrected chi connectivity index (χ3v) is 3.48. The number of allylic oxidation sites excluding steroid dienone is 1. The number of benzene rings is 2. The minimum atomic E-state index is -0.359. The predicted molar refractivity (Wildman–Crippen MR) is 81.3 cm³/mol. The lowest BCUT2D eigenvalue weighted by Gasteiger charge is -2.04. The molecule has 0 fully saturated rings. The third kappa shape index (κ3) is 2.27. The van der Waals surface area contributed by atoms with Crippen LogP contribution >= 0.6 is 0 Å². The van der Waals surface area contributed by atoms with Crippen molar-refractivity contribution >= 4 is 16.8 Å². The summed E-state index contributed by atoms with van der Waals surface area (Å²) in [7, 11) is 0. The first kappa shape index (κ1) is 13.3. The Hall–Kier alpha value is -3.37. The van der Waals surface area contributed by atoms with Gasteiger partial charge in [0.1, 0.15) is 17.4 Å². The van der Waals surface area contributed by atoms with Gasteiger partial charge in [-0.15, -0.1) is 5.53 Å². The van der Waals surface area contributed by atoms with E-state index in [1.807, 2.05) is 24.3 Å². The molecule has 0 spiro atoms. The van der Waals surface area contributed by atoms with E-state index in [9.17, 15) is 4.39 Å². The van der Waals surface area contributed by atoms with Crippen molar-refractivity contribution < 1.29 is 8.81 Å². The molecule has 7 heteroatoms. The maximum atomic E-state index is 13.3. The first-order valence-corrected chi connectivity index (χ1v) is 6.83. The highest BCUT2D eigenvalue weighted by atomic mass is 19.1. The molecule has 0 unspecified atom stereocenters. The van der Waals surface area contributed by atoms with E-state index in [1.54, 1.807) is 6.07 Å². The Balaban J connectivity index is 1.80. The summed E-state index contributed by atoms with van der Waals surface area (Å²) < 4.78 is 18.9. The van der Waals surface area contributed by atoms with Gasteiger partial charge in [-0.25, -0.2) is 9.37 Å². The van der Waals surface area contributed by atoms with E-state index in [4.69, 9.17) is 9.68 Å². The molecule has 1 aliphatic heterocycles. The van der Waals surface area contributed by atoms with Crippen LogP contribution in [0, 0.1) is 17.1 Å². The summed E-state index contributed by atoms with van der Waals surface area (Å²) in [5.41, 5.74) is 11.8. The molecule has 0 atom stereocenters. The van der Waals surface area contributed by atoms with Gasteiger partial charge in [-0.05, 0) is 24.3 Å². The summed E-state index contributed by atoms with van der Waals surface area (Å²) >= 11 is 0. The van der Waals surface area contributed by atoms with Crippen LogP contribution < -0.4 is 16.4 Å². The van der Waals surface area contributed by atoms with Gasteiger partial charge in [0, 0.05) is 17.2 Å². The molecule has 0 saturated carbocycles. The van der Waals surface area contributed by atoms with Crippen molar-refractivity contribution in [2.45, 2.75) is 0 Å². The molecule has 6 nitrogen and oxygen atoms in total. The first-order chi connectivity index (χ1) is 11.2. The first-order valence-electron chi connectivity index (χ1n) is 6.83. The van der Waals surface area contributed by atoms with E-state index >= 15 is 0 Å². The van der Waals surface area contributed by atoms with Crippen LogP contribution in [0.4, 0.5) is 4.39 Å². The van der Waals surface area contributed by atoms with Gasteiger partial charge in [0.2, 0.25) is 5.89 Å². The molecule has 1 aromatic heterocycles. The molecule has 2 heterocycles. The summed E-state index contributed by atoms with van der Waals surface area (Å²) in [6.07, 6.45) is 0. The van der Waals surface area contributed by atoms with Gasteiger partial charge in [0.15, 0.2) is 11.3 Å². The number of fused-ring (bicyclic) bond motifs is 1. The molecule has 0 amide bonds. The van der Waals surface area contributed by atoms with E-state index in [2.05, 4.69) is 27.4 Å². The highest BCUT2D eigenvalue weighted by Gasteiger charge is 2.16. The smallest absolute Gasteiger partial charge is 0.227 e. The minimum absolute atomic E-state index is 0.359. The Kier molecular flexibility index (Phi) is 2.96. The zero-order chi connectivity index (χ0) is 15.8. The van der Waals surface area contributed by atoms with Crippen LogP contribution in [0.1, 0.15) is 5.56 Å². The van der Waals surface area contributed by atoms with Crippen molar-refractivity contribution in [2.24, 2.45) is 0 Å². The number of nitriles is 1. The summed E-state index contributed by atoms with van der Waals surface area (Å²) in [6.45, 7) is 0. The number of rotatable bonds is 2. The van der Waals surface area contributed by atoms with Crippen molar-refractivity contribution in [3.05, 3.63) is 59.5 Å². The summed E-state index contributed by atoms with van der Waals surface area (Å²) in [5.74, 6) is 0.0349. The Bertz CT molecular complexity index is 986. The number of halogens is 1. The van der Waals surface area contributed by atoms with Crippen LogP contribution in [0.15, 0.2) is 52.6 Å². The van der Waals surface area contributed by atoms with E-state index in [0.717, 1.165) is 11.1 Å². The average Bonchev–Trinajstić information content (AvgIpc) is 3.21. The lowest BCUT2D eigenvalue weighted by atomic mass is 10.1. The van der Waals surface area contributed by atoms with Crippen LogP contribution in [0.3, 0.4) is 0 Å². The number of hydrazine groups is 2. The quantitative estimate of drug-likeness (QED) is 0.674. The van der Waals surface area contributed by atoms with Crippen molar-refractivity contribution in [3.63, 3.8) is 0 Å². The number of hydrogen-bond acceptors (Lipinski definition) is 6. The van der Waals surface area contributed by atoms with Gasteiger partial charge < -0.3 is 9.84 Å². The van der Waals surface area contributed by atoms with Crippen LogP contribution in [-0.4, -0.2) is 4.98 Å². The molecular formula is C16H10FN5O. The van der Waals surface area contributed by atoms with Crippen molar-refractivity contribution in [2.75, 3.05) is 0 Å². The summed E-state index contributed by atoms with van der Waals surface area (Å²) in [4.78, 5) is 4.31. The van der Waals surface area contributed by atoms with Crippen molar-refractivity contribution in [3.8, 4) is 17.5 Å². The van der Waals surface area contributed by atoms with Crippen molar-refractivity contribution in [1.82, 2.24) is 21.4 Å². The minimum Gasteiger partial charge on any atom is -0.436 e. The van der Waals surface area contributed by atoms with E-state index in [0.29, 0.717) is 28.4 Å². The van der Waals surface area contributed by atoms with Gasteiger partial charge in [-0.2, -0.15) is 5.26 Å².